The number of amides is 4. The van der Waals surface area contributed by atoms with Crippen LogP contribution in [0.1, 0.15) is 44.9 Å². The predicted octanol–water partition coefficient (Wildman–Crippen LogP) is -4.39. The maximum atomic E-state index is 13.3. The van der Waals surface area contributed by atoms with Crippen molar-refractivity contribution in [2.24, 2.45) is 17.2 Å². The molecule has 0 radical (unpaired) electrons. The molecule has 4 amide bonds. The minimum absolute atomic E-state index is 0.0262. The highest BCUT2D eigenvalue weighted by Crippen LogP contribution is 2.45. The molecule has 19 nitrogen and oxygen atoms in total. The number of carboxylic acid groups (broad SMARTS) is 2. The fourth-order valence-corrected chi connectivity index (χ4v) is 6.18. The van der Waals surface area contributed by atoms with Crippen molar-refractivity contribution in [2.45, 2.75) is 80.2 Å². The summed E-state index contributed by atoms with van der Waals surface area (Å²) in [7, 11) is 0. The van der Waals surface area contributed by atoms with Crippen LogP contribution in [-0.4, -0.2) is 128 Å². The van der Waals surface area contributed by atoms with E-state index >= 15 is 0 Å². The van der Waals surface area contributed by atoms with E-state index in [4.69, 9.17) is 32.2 Å². The van der Waals surface area contributed by atoms with E-state index < -0.39 is 96.2 Å². The Balaban J connectivity index is 2.10. The van der Waals surface area contributed by atoms with Gasteiger partial charge in [-0.3, -0.25) is 33.7 Å². The van der Waals surface area contributed by atoms with Gasteiger partial charge in [0.1, 0.15) is 29.8 Å². The van der Waals surface area contributed by atoms with Crippen molar-refractivity contribution < 1.29 is 58.7 Å². The van der Waals surface area contributed by atoms with Crippen molar-refractivity contribution in [3.8, 4) is 0 Å². The first-order valence-electron chi connectivity index (χ1n) is 14.4. The zero-order chi connectivity index (χ0) is 34.6. The monoisotopic (exact) mass is 675 g/mol. The number of nitrogens with one attached hydrogen (secondary N) is 3. The van der Waals surface area contributed by atoms with Crippen LogP contribution in [-0.2, 0) is 38.3 Å². The van der Waals surface area contributed by atoms with Gasteiger partial charge in [0.15, 0.2) is 0 Å². The number of carboxylic acids is 2. The minimum Gasteiger partial charge on any atom is -0.480 e. The molecule has 13 N–H and O–H groups in total. The van der Waals surface area contributed by atoms with Crippen molar-refractivity contribution in [3.05, 3.63) is 11.3 Å². The molecule has 6 atom stereocenters. The smallest absolute Gasteiger partial charge is 0.352 e. The number of carbonyl (C=O) groups is 7. The van der Waals surface area contributed by atoms with E-state index in [1.54, 1.807) is 0 Å². The van der Waals surface area contributed by atoms with Crippen LogP contribution in [0.15, 0.2) is 11.3 Å². The van der Waals surface area contributed by atoms with Crippen molar-refractivity contribution >= 4 is 53.8 Å². The summed E-state index contributed by atoms with van der Waals surface area (Å²) in [6.45, 7) is -0.848. The van der Waals surface area contributed by atoms with E-state index in [1.807, 2.05) is 0 Å². The van der Waals surface area contributed by atoms with Gasteiger partial charge in [-0.05, 0) is 32.2 Å². The molecule has 1 fully saturated rings. The number of aliphatic carboxylic acids is 2. The maximum Gasteiger partial charge on any atom is 0.352 e. The molecular formula is C26H41N7O12S. The Bertz CT molecular complexity index is 1200. The summed E-state index contributed by atoms with van der Waals surface area (Å²) in [5.41, 5.74) is 14.0. The molecule has 2 aliphatic rings. The minimum atomic E-state index is -1.98. The SMILES string of the molecule is NCCCCC(NC(=O)C(N)CO)C(O)CC(=O)OCC1=C(C(=O)O)N2C(=O)C(NC=O)(NC(=O)CCCC(N)C(=O)O)C2SC1. The van der Waals surface area contributed by atoms with E-state index in [9.17, 15) is 43.8 Å². The molecule has 0 aliphatic carbocycles. The van der Waals surface area contributed by atoms with Crippen LogP contribution in [0, 0.1) is 0 Å². The second-order valence-electron chi connectivity index (χ2n) is 10.7. The molecule has 20 heteroatoms. The number of carbonyl (C=O) groups excluding carboxylic acids is 5. The molecule has 0 aromatic carbocycles. The van der Waals surface area contributed by atoms with E-state index in [2.05, 4.69) is 16.0 Å². The van der Waals surface area contributed by atoms with Crippen LogP contribution < -0.4 is 33.2 Å². The van der Waals surface area contributed by atoms with Gasteiger partial charge in [-0.2, -0.15) is 0 Å². The Morgan fingerprint density at radius 3 is 2.39 bits per heavy atom. The molecule has 0 spiro atoms. The third-order valence-electron chi connectivity index (χ3n) is 7.29. The van der Waals surface area contributed by atoms with E-state index in [1.165, 1.54) is 0 Å². The molecule has 46 heavy (non-hydrogen) atoms. The molecular weight excluding hydrogens is 634 g/mol. The zero-order valence-corrected chi connectivity index (χ0v) is 25.7. The first-order valence-corrected chi connectivity index (χ1v) is 15.4. The van der Waals surface area contributed by atoms with Crippen molar-refractivity contribution in [2.75, 3.05) is 25.5 Å². The Morgan fingerprint density at radius 2 is 1.80 bits per heavy atom. The summed E-state index contributed by atoms with van der Waals surface area (Å²) in [4.78, 5) is 85.9. The molecule has 2 heterocycles. The number of ether oxygens (including phenoxy) is 1. The first kappa shape index (κ1) is 38.4. The lowest BCUT2D eigenvalue weighted by Crippen LogP contribution is -2.85. The zero-order valence-electron chi connectivity index (χ0n) is 24.9. The summed E-state index contributed by atoms with van der Waals surface area (Å²) < 4.78 is 5.21. The molecule has 0 saturated carbocycles. The molecule has 2 rings (SSSR count). The predicted molar refractivity (Wildman–Crippen MR) is 159 cm³/mol. The Morgan fingerprint density at radius 1 is 1.11 bits per heavy atom. The van der Waals surface area contributed by atoms with Crippen LogP contribution in [0.5, 0.6) is 0 Å². The average Bonchev–Trinajstić information content (AvgIpc) is 3.01. The summed E-state index contributed by atoms with van der Waals surface area (Å²) >= 11 is 0.980. The summed E-state index contributed by atoms with van der Waals surface area (Å²) in [5, 5.41) is 44.6. The third kappa shape index (κ3) is 9.59. The number of hydrogen-bond donors (Lipinski definition) is 10. The van der Waals surface area contributed by atoms with Crippen LogP contribution >= 0.6 is 11.8 Å². The highest BCUT2D eigenvalue weighted by Gasteiger charge is 2.66. The largest absolute Gasteiger partial charge is 0.480 e. The van der Waals surface area contributed by atoms with Gasteiger partial charge >= 0.3 is 17.9 Å². The van der Waals surface area contributed by atoms with Crippen LogP contribution in [0.25, 0.3) is 0 Å². The van der Waals surface area contributed by atoms with Crippen molar-refractivity contribution in [1.29, 1.82) is 0 Å². The van der Waals surface area contributed by atoms with Crippen LogP contribution in [0.3, 0.4) is 0 Å². The van der Waals surface area contributed by atoms with Crippen LogP contribution in [0.4, 0.5) is 0 Å². The Kier molecular flexibility index (Phi) is 14.8. The van der Waals surface area contributed by atoms with E-state index in [0.29, 0.717) is 19.4 Å². The number of thioether (sulfide) groups is 1. The van der Waals surface area contributed by atoms with Gasteiger partial charge in [0, 0.05) is 17.7 Å². The number of aliphatic hydroxyl groups is 2. The summed E-state index contributed by atoms with van der Waals surface area (Å²) in [5.74, 6) is -6.24. The lowest BCUT2D eigenvalue weighted by Gasteiger charge is -2.56. The molecule has 0 aromatic heterocycles. The fraction of sp³-hybridized carbons (Fsp3) is 0.654. The number of rotatable bonds is 21. The number of esters is 1. The lowest BCUT2D eigenvalue weighted by molar-refractivity contribution is -0.162. The number of hydrogen-bond acceptors (Lipinski definition) is 14. The molecule has 2 aliphatic heterocycles. The lowest BCUT2D eigenvalue weighted by atomic mass is 9.94. The number of nitrogens with zero attached hydrogens (tertiary/aromatic N) is 1. The number of aliphatic hydroxyl groups excluding tert-OH is 2. The Labute approximate surface area is 267 Å². The summed E-state index contributed by atoms with van der Waals surface area (Å²) in [6.07, 6.45) is -0.721. The molecule has 258 valence electrons. The standard InChI is InChI=1S/C26H41N7O12S/c27-7-2-1-5-16(31-21(39)15(29)9-34)17(36)8-19(38)45-10-13-11-46-25-26(30-12-35,24(44)33(25)20(13)23(42)43)32-18(37)6-3-4-14(28)22(40)41/h12,14-17,25,34,36H,1-11,27-29H2,(H,30,35)(H,31,39)(H,32,37)(H,40,41)(H,42,43). The molecule has 0 aromatic rings. The first-order chi connectivity index (χ1) is 21.7. The molecule has 1 saturated heterocycles. The second kappa shape index (κ2) is 17.8. The van der Waals surface area contributed by atoms with Gasteiger partial charge in [-0.25, -0.2) is 4.79 Å². The normalized spacial score (nSPS) is 21.5. The molecule has 6 unspecified atom stereocenters. The number of nitrogens with two attached hydrogens (primary N) is 3. The van der Waals surface area contributed by atoms with Gasteiger partial charge in [0.2, 0.25) is 23.9 Å². The summed E-state index contributed by atoms with van der Waals surface area (Å²) in [6, 6.07) is -3.36. The molecule has 0 bridgehead atoms. The van der Waals surface area contributed by atoms with Gasteiger partial charge in [0.05, 0.1) is 25.2 Å². The number of fused-ring (bicyclic) bond motifs is 1. The van der Waals surface area contributed by atoms with Gasteiger partial charge in [-0.15, -0.1) is 11.8 Å². The quantitative estimate of drug-likeness (QED) is 0.0180. The van der Waals surface area contributed by atoms with E-state index in [0.717, 1.165) is 16.7 Å². The fourth-order valence-electron chi connectivity index (χ4n) is 4.78. The van der Waals surface area contributed by atoms with Gasteiger partial charge < -0.3 is 58.3 Å². The maximum absolute atomic E-state index is 13.3. The van der Waals surface area contributed by atoms with Crippen LogP contribution in [0.2, 0.25) is 0 Å². The van der Waals surface area contributed by atoms with Gasteiger partial charge in [0.25, 0.3) is 5.91 Å². The Hall–Kier alpha value is -3.82. The highest BCUT2D eigenvalue weighted by molar-refractivity contribution is 8.00. The third-order valence-corrected chi connectivity index (χ3v) is 8.69. The second-order valence-corrected chi connectivity index (χ2v) is 11.7. The number of unbranched alkanes of at least 4 members (excludes halogenated alkanes) is 1. The van der Waals surface area contributed by atoms with E-state index in [-0.39, 0.29) is 43.4 Å². The van der Waals surface area contributed by atoms with Gasteiger partial charge in [-0.1, -0.05) is 6.42 Å². The average molecular weight is 676 g/mol. The van der Waals surface area contributed by atoms with Crippen molar-refractivity contribution in [3.63, 3.8) is 0 Å². The number of β-lactam (4-membered cyclic amide) rings is 1. The highest BCUT2D eigenvalue weighted by atomic mass is 32.2. The van der Waals surface area contributed by atoms with Crippen molar-refractivity contribution in [1.82, 2.24) is 20.9 Å². The topological polar surface area (TPSA) is 327 Å².